The third kappa shape index (κ3) is 4.97. The van der Waals surface area contributed by atoms with Crippen LogP contribution in [0.15, 0.2) is 53.1 Å². The number of nitrogens with one attached hydrogen (secondary N) is 2. The maximum absolute atomic E-state index is 12.2. The number of furan rings is 1. The fourth-order valence-electron chi connectivity index (χ4n) is 2.45. The Kier molecular flexibility index (Phi) is 5.88. The highest BCUT2D eigenvalue weighted by Crippen LogP contribution is 2.27. The van der Waals surface area contributed by atoms with E-state index in [0.717, 1.165) is 11.3 Å². The first-order chi connectivity index (χ1) is 13.2. The van der Waals surface area contributed by atoms with Gasteiger partial charge in [0, 0.05) is 0 Å². The molecule has 2 heterocycles. The van der Waals surface area contributed by atoms with Crippen LogP contribution >= 0.6 is 0 Å². The van der Waals surface area contributed by atoms with Crippen molar-refractivity contribution in [1.29, 1.82) is 0 Å². The Morgan fingerprint density at radius 1 is 1.04 bits per heavy atom. The molecule has 0 atom stereocenters. The van der Waals surface area contributed by atoms with Gasteiger partial charge in [0.25, 0.3) is 0 Å². The van der Waals surface area contributed by atoms with Gasteiger partial charge in [0.2, 0.25) is 5.91 Å². The fourth-order valence-corrected chi connectivity index (χ4v) is 2.45. The van der Waals surface area contributed by atoms with Crippen LogP contribution in [0.4, 0.5) is 11.6 Å². The van der Waals surface area contributed by atoms with Crippen molar-refractivity contribution in [2.24, 2.45) is 0 Å². The van der Waals surface area contributed by atoms with E-state index in [9.17, 15) is 4.79 Å². The summed E-state index contributed by atoms with van der Waals surface area (Å²) in [6.07, 6.45) is 1.79. The number of methoxy groups -OCH3 is 2. The van der Waals surface area contributed by atoms with Crippen LogP contribution in [0.25, 0.3) is 0 Å². The molecule has 0 saturated carbocycles. The van der Waals surface area contributed by atoms with Gasteiger partial charge in [-0.2, -0.15) is 0 Å². The molecular formula is C19H20N4O4. The molecule has 140 valence electrons. The largest absolute Gasteiger partial charge is 0.493 e. The number of anilines is 2. The SMILES string of the molecule is COc1ccc(CC(=O)Nc2ccc(NCc3ccco3)nn2)cc1OC. The highest BCUT2D eigenvalue weighted by Gasteiger charge is 2.09. The van der Waals surface area contributed by atoms with Crippen LogP contribution in [0.2, 0.25) is 0 Å². The van der Waals surface area contributed by atoms with Gasteiger partial charge in [-0.1, -0.05) is 6.07 Å². The Morgan fingerprint density at radius 2 is 1.81 bits per heavy atom. The lowest BCUT2D eigenvalue weighted by Crippen LogP contribution is -2.16. The number of rotatable bonds is 8. The zero-order chi connectivity index (χ0) is 19.1. The Hall–Kier alpha value is -3.55. The van der Waals surface area contributed by atoms with Crippen LogP contribution in [-0.4, -0.2) is 30.3 Å². The van der Waals surface area contributed by atoms with Crippen LogP contribution in [0, 0.1) is 0 Å². The summed E-state index contributed by atoms with van der Waals surface area (Å²) in [7, 11) is 3.12. The van der Waals surface area contributed by atoms with Gasteiger partial charge in [-0.15, -0.1) is 10.2 Å². The summed E-state index contributed by atoms with van der Waals surface area (Å²) in [5, 5.41) is 13.8. The molecule has 2 aromatic heterocycles. The summed E-state index contributed by atoms with van der Waals surface area (Å²) in [5.74, 6) is 2.75. The molecule has 0 aliphatic carbocycles. The molecule has 0 saturated heterocycles. The van der Waals surface area contributed by atoms with Gasteiger partial charge < -0.3 is 24.5 Å². The second-order valence-corrected chi connectivity index (χ2v) is 5.65. The van der Waals surface area contributed by atoms with E-state index in [1.54, 1.807) is 44.7 Å². The molecule has 0 radical (unpaired) electrons. The topological polar surface area (TPSA) is 98.5 Å². The van der Waals surface area contributed by atoms with Crippen molar-refractivity contribution >= 4 is 17.5 Å². The summed E-state index contributed by atoms with van der Waals surface area (Å²) in [4.78, 5) is 12.2. The number of amides is 1. The summed E-state index contributed by atoms with van der Waals surface area (Å²) in [6.45, 7) is 0.507. The average molecular weight is 368 g/mol. The first-order valence-electron chi connectivity index (χ1n) is 8.28. The molecule has 0 aliphatic rings. The van der Waals surface area contributed by atoms with E-state index in [1.807, 2.05) is 18.2 Å². The summed E-state index contributed by atoms with van der Waals surface area (Å²) in [6, 6.07) is 12.5. The van der Waals surface area contributed by atoms with Crippen molar-refractivity contribution in [2.75, 3.05) is 24.9 Å². The number of hydrogen-bond donors (Lipinski definition) is 2. The number of aromatic nitrogens is 2. The van der Waals surface area contributed by atoms with Crippen LogP contribution in [-0.2, 0) is 17.8 Å². The molecule has 0 bridgehead atoms. The third-order valence-corrected chi connectivity index (χ3v) is 3.77. The van der Waals surface area contributed by atoms with Gasteiger partial charge in [0.05, 0.1) is 33.4 Å². The van der Waals surface area contributed by atoms with E-state index < -0.39 is 0 Å². The minimum absolute atomic E-state index is 0.181. The minimum Gasteiger partial charge on any atom is -0.493 e. The lowest BCUT2D eigenvalue weighted by Gasteiger charge is -2.10. The Bertz CT molecular complexity index is 879. The lowest BCUT2D eigenvalue weighted by molar-refractivity contribution is -0.115. The minimum atomic E-state index is -0.201. The molecule has 27 heavy (non-hydrogen) atoms. The first kappa shape index (κ1) is 18.2. The van der Waals surface area contributed by atoms with Gasteiger partial charge in [-0.05, 0) is 42.0 Å². The predicted molar refractivity (Wildman–Crippen MR) is 99.9 cm³/mol. The first-order valence-corrected chi connectivity index (χ1v) is 8.28. The van der Waals surface area contributed by atoms with Gasteiger partial charge in [0.15, 0.2) is 17.3 Å². The normalized spacial score (nSPS) is 10.3. The van der Waals surface area contributed by atoms with Crippen molar-refractivity contribution in [3.8, 4) is 11.5 Å². The zero-order valence-corrected chi connectivity index (χ0v) is 15.1. The highest BCUT2D eigenvalue weighted by molar-refractivity contribution is 5.91. The van der Waals surface area contributed by atoms with Crippen LogP contribution in [0.5, 0.6) is 11.5 Å². The molecular weight excluding hydrogens is 348 g/mol. The highest BCUT2D eigenvalue weighted by atomic mass is 16.5. The van der Waals surface area contributed by atoms with Gasteiger partial charge in [0.1, 0.15) is 11.6 Å². The molecule has 3 aromatic rings. The lowest BCUT2D eigenvalue weighted by atomic mass is 10.1. The van der Waals surface area contributed by atoms with Crippen LogP contribution in [0.1, 0.15) is 11.3 Å². The second kappa shape index (κ2) is 8.70. The summed E-state index contributed by atoms with van der Waals surface area (Å²) >= 11 is 0. The van der Waals surface area contributed by atoms with Crippen molar-refractivity contribution in [1.82, 2.24) is 10.2 Å². The number of benzene rings is 1. The Balaban J connectivity index is 1.54. The molecule has 2 N–H and O–H groups in total. The Morgan fingerprint density at radius 3 is 2.48 bits per heavy atom. The molecule has 0 unspecified atom stereocenters. The number of ether oxygens (including phenoxy) is 2. The van der Waals surface area contributed by atoms with Gasteiger partial charge in [-0.25, -0.2) is 0 Å². The van der Waals surface area contributed by atoms with Crippen molar-refractivity contribution in [3.05, 3.63) is 60.1 Å². The molecule has 0 spiro atoms. The fraction of sp³-hybridized carbons (Fsp3) is 0.211. The number of hydrogen-bond acceptors (Lipinski definition) is 7. The van der Waals surface area contributed by atoms with E-state index in [2.05, 4.69) is 20.8 Å². The summed E-state index contributed by atoms with van der Waals surface area (Å²) in [5.41, 5.74) is 0.801. The van der Waals surface area contributed by atoms with Gasteiger partial charge in [-0.3, -0.25) is 4.79 Å². The van der Waals surface area contributed by atoms with E-state index in [1.165, 1.54) is 0 Å². The van der Waals surface area contributed by atoms with E-state index in [0.29, 0.717) is 29.7 Å². The van der Waals surface area contributed by atoms with Crippen molar-refractivity contribution < 1.29 is 18.7 Å². The molecule has 3 rings (SSSR count). The standard InChI is InChI=1S/C19H20N4O4/c1-25-15-6-5-13(10-16(15)26-2)11-19(24)21-18-8-7-17(22-23-18)20-12-14-4-3-9-27-14/h3-10H,11-12H2,1-2H3,(H,20,22)(H,21,23,24). The molecule has 8 nitrogen and oxygen atoms in total. The molecule has 1 amide bonds. The van der Waals surface area contributed by atoms with Crippen molar-refractivity contribution in [3.63, 3.8) is 0 Å². The van der Waals surface area contributed by atoms with Gasteiger partial charge >= 0.3 is 0 Å². The molecule has 8 heteroatoms. The molecule has 1 aromatic carbocycles. The number of carbonyl (C=O) groups excluding carboxylic acids is 1. The monoisotopic (exact) mass is 368 g/mol. The van der Waals surface area contributed by atoms with E-state index >= 15 is 0 Å². The number of nitrogens with zero attached hydrogens (tertiary/aromatic N) is 2. The third-order valence-electron chi connectivity index (χ3n) is 3.77. The summed E-state index contributed by atoms with van der Waals surface area (Å²) < 4.78 is 15.7. The van der Waals surface area contributed by atoms with E-state index in [-0.39, 0.29) is 12.3 Å². The second-order valence-electron chi connectivity index (χ2n) is 5.65. The van der Waals surface area contributed by atoms with Crippen LogP contribution < -0.4 is 20.1 Å². The number of carbonyl (C=O) groups is 1. The maximum Gasteiger partial charge on any atom is 0.229 e. The maximum atomic E-state index is 12.2. The quantitative estimate of drug-likeness (QED) is 0.631. The smallest absolute Gasteiger partial charge is 0.229 e. The van der Waals surface area contributed by atoms with E-state index in [4.69, 9.17) is 13.9 Å². The predicted octanol–water partition coefficient (Wildman–Crippen LogP) is 2.88. The average Bonchev–Trinajstić information content (AvgIpc) is 3.21. The molecule has 0 aliphatic heterocycles. The molecule has 0 fully saturated rings. The van der Waals surface area contributed by atoms with Crippen molar-refractivity contribution in [2.45, 2.75) is 13.0 Å². The zero-order valence-electron chi connectivity index (χ0n) is 15.1. The van der Waals surface area contributed by atoms with Crippen LogP contribution in [0.3, 0.4) is 0 Å². The Labute approximate surface area is 156 Å².